The largest absolute Gasteiger partial charge is 0.462 e. The standard InChI is InChI=1S/C49H88O5/c1-4-7-10-13-16-18-20-22-23-24-25-26-28-30-32-35-38-41-44-52-45-47(54-49(51)43-40-37-33-15-12-9-6-3)46-53-48(50)42-39-36-34-31-29-27-21-19-17-14-11-8-5-2/h8,11,17,19,27,29,34,36,47H,4-7,9-10,12-16,18,20-26,28,30-33,35,37-46H2,1-3H3/b11-8-,19-17-,29-27-,36-34-. The molecule has 0 aliphatic carbocycles. The number of hydrogen-bond acceptors (Lipinski definition) is 5. The Balaban J connectivity index is 4.17. The fraction of sp³-hybridized carbons (Fsp3) is 0.796. The van der Waals surface area contributed by atoms with Gasteiger partial charge in [0.2, 0.25) is 0 Å². The van der Waals surface area contributed by atoms with Crippen molar-refractivity contribution in [3.8, 4) is 0 Å². The predicted octanol–water partition coefficient (Wildman–Crippen LogP) is 15.2. The second-order valence-electron chi connectivity index (χ2n) is 15.3. The van der Waals surface area contributed by atoms with Gasteiger partial charge in [-0.15, -0.1) is 0 Å². The summed E-state index contributed by atoms with van der Waals surface area (Å²) in [6.45, 7) is 7.62. The highest BCUT2D eigenvalue weighted by Crippen LogP contribution is 2.15. The molecule has 0 amide bonds. The third-order valence-electron chi connectivity index (χ3n) is 9.89. The molecule has 0 aliphatic rings. The molecular formula is C49H88O5. The summed E-state index contributed by atoms with van der Waals surface area (Å²) in [6, 6.07) is 0. The van der Waals surface area contributed by atoms with Gasteiger partial charge < -0.3 is 14.2 Å². The summed E-state index contributed by atoms with van der Waals surface area (Å²) in [5.41, 5.74) is 0. The van der Waals surface area contributed by atoms with Crippen molar-refractivity contribution < 1.29 is 23.8 Å². The van der Waals surface area contributed by atoms with Crippen molar-refractivity contribution in [3.63, 3.8) is 0 Å². The van der Waals surface area contributed by atoms with Gasteiger partial charge in [0.25, 0.3) is 0 Å². The molecule has 5 nitrogen and oxygen atoms in total. The Bertz CT molecular complexity index is 904. The van der Waals surface area contributed by atoms with E-state index in [9.17, 15) is 9.59 Å². The first-order valence-corrected chi connectivity index (χ1v) is 23.2. The molecule has 0 heterocycles. The highest BCUT2D eigenvalue weighted by molar-refractivity contribution is 5.70. The zero-order valence-corrected chi connectivity index (χ0v) is 36.0. The van der Waals surface area contributed by atoms with Crippen LogP contribution in [-0.2, 0) is 23.8 Å². The molecule has 0 N–H and O–H groups in total. The average molecular weight is 757 g/mol. The van der Waals surface area contributed by atoms with Crippen molar-refractivity contribution >= 4 is 11.9 Å². The Morgan fingerprint density at radius 1 is 0.426 bits per heavy atom. The van der Waals surface area contributed by atoms with Gasteiger partial charge in [-0.25, -0.2) is 0 Å². The molecule has 314 valence electrons. The number of ether oxygens (including phenoxy) is 3. The van der Waals surface area contributed by atoms with Crippen LogP contribution >= 0.6 is 0 Å². The highest BCUT2D eigenvalue weighted by atomic mass is 16.6. The van der Waals surface area contributed by atoms with Crippen LogP contribution in [0.15, 0.2) is 48.6 Å². The van der Waals surface area contributed by atoms with E-state index < -0.39 is 6.10 Å². The van der Waals surface area contributed by atoms with E-state index in [2.05, 4.69) is 63.3 Å². The fourth-order valence-electron chi connectivity index (χ4n) is 6.46. The lowest BCUT2D eigenvalue weighted by molar-refractivity contribution is -0.162. The maximum Gasteiger partial charge on any atom is 0.306 e. The van der Waals surface area contributed by atoms with Crippen molar-refractivity contribution in [1.29, 1.82) is 0 Å². The third-order valence-corrected chi connectivity index (χ3v) is 9.89. The first-order valence-electron chi connectivity index (χ1n) is 23.2. The normalized spacial score (nSPS) is 12.6. The number of esters is 2. The second kappa shape index (κ2) is 45.3. The zero-order valence-electron chi connectivity index (χ0n) is 36.0. The lowest BCUT2D eigenvalue weighted by Crippen LogP contribution is -2.30. The van der Waals surface area contributed by atoms with Crippen LogP contribution in [0.1, 0.15) is 226 Å². The van der Waals surface area contributed by atoms with Crippen LogP contribution in [0.3, 0.4) is 0 Å². The minimum Gasteiger partial charge on any atom is -0.462 e. The summed E-state index contributed by atoms with van der Waals surface area (Å²) in [5.74, 6) is -0.490. The summed E-state index contributed by atoms with van der Waals surface area (Å²) in [4.78, 5) is 25.1. The third kappa shape index (κ3) is 42.6. The number of carbonyl (C=O) groups excluding carboxylic acids is 2. The van der Waals surface area contributed by atoms with Gasteiger partial charge in [0.1, 0.15) is 6.61 Å². The fourth-order valence-corrected chi connectivity index (χ4v) is 6.46. The topological polar surface area (TPSA) is 61.8 Å². The molecule has 0 rings (SSSR count). The molecule has 0 saturated heterocycles. The van der Waals surface area contributed by atoms with Crippen LogP contribution < -0.4 is 0 Å². The van der Waals surface area contributed by atoms with Gasteiger partial charge >= 0.3 is 11.9 Å². The van der Waals surface area contributed by atoms with Crippen LogP contribution in [-0.4, -0.2) is 37.9 Å². The molecule has 0 saturated carbocycles. The van der Waals surface area contributed by atoms with E-state index in [0.29, 0.717) is 25.9 Å². The minimum absolute atomic E-state index is 0.0505. The maximum atomic E-state index is 12.6. The number of hydrogen-bond donors (Lipinski definition) is 0. The Morgan fingerprint density at radius 2 is 0.833 bits per heavy atom. The van der Waals surface area contributed by atoms with E-state index in [1.807, 2.05) is 6.08 Å². The minimum atomic E-state index is -0.557. The predicted molar refractivity (Wildman–Crippen MR) is 233 cm³/mol. The molecule has 0 aromatic heterocycles. The molecule has 0 aromatic rings. The molecule has 0 aliphatic heterocycles. The van der Waals surface area contributed by atoms with Crippen molar-refractivity contribution in [2.75, 3.05) is 19.8 Å². The Morgan fingerprint density at radius 3 is 1.30 bits per heavy atom. The Labute approximate surface area is 335 Å². The molecule has 0 fully saturated rings. The summed E-state index contributed by atoms with van der Waals surface area (Å²) in [7, 11) is 0. The van der Waals surface area contributed by atoms with Crippen molar-refractivity contribution in [2.24, 2.45) is 0 Å². The lowest BCUT2D eigenvalue weighted by Gasteiger charge is -2.18. The Hall–Kier alpha value is -2.14. The summed E-state index contributed by atoms with van der Waals surface area (Å²) in [6.07, 6.45) is 54.3. The van der Waals surface area contributed by atoms with Gasteiger partial charge in [-0.05, 0) is 44.9 Å². The molecule has 5 heteroatoms. The average Bonchev–Trinajstić information content (AvgIpc) is 3.17. The molecule has 1 atom stereocenters. The van der Waals surface area contributed by atoms with E-state index in [1.165, 1.54) is 128 Å². The molecule has 1 unspecified atom stereocenters. The molecule has 0 spiro atoms. The van der Waals surface area contributed by atoms with Crippen molar-refractivity contribution in [1.82, 2.24) is 0 Å². The van der Waals surface area contributed by atoms with Gasteiger partial charge in [0.05, 0.1) is 6.61 Å². The number of unbranched alkanes of at least 4 members (excludes halogenated alkanes) is 23. The number of allylic oxidation sites excluding steroid dienone is 8. The van der Waals surface area contributed by atoms with Gasteiger partial charge in [-0.3, -0.25) is 9.59 Å². The van der Waals surface area contributed by atoms with Crippen molar-refractivity contribution in [2.45, 2.75) is 232 Å². The molecule has 0 bridgehead atoms. The molecular weight excluding hydrogens is 669 g/mol. The molecule has 0 aromatic carbocycles. The molecule has 0 radical (unpaired) electrons. The van der Waals surface area contributed by atoms with Crippen LogP contribution in [0.5, 0.6) is 0 Å². The number of carbonyl (C=O) groups is 2. The first kappa shape index (κ1) is 51.9. The first-order chi connectivity index (χ1) is 26.6. The smallest absolute Gasteiger partial charge is 0.306 e. The van der Waals surface area contributed by atoms with Crippen LogP contribution in [0.2, 0.25) is 0 Å². The van der Waals surface area contributed by atoms with E-state index in [4.69, 9.17) is 14.2 Å². The van der Waals surface area contributed by atoms with Crippen molar-refractivity contribution in [3.05, 3.63) is 48.6 Å². The van der Waals surface area contributed by atoms with Crippen LogP contribution in [0, 0.1) is 0 Å². The summed E-state index contributed by atoms with van der Waals surface area (Å²) >= 11 is 0. The van der Waals surface area contributed by atoms with Crippen LogP contribution in [0.25, 0.3) is 0 Å². The van der Waals surface area contributed by atoms with Gasteiger partial charge in [-0.1, -0.05) is 217 Å². The number of rotatable bonds is 42. The van der Waals surface area contributed by atoms with Gasteiger partial charge in [0.15, 0.2) is 6.10 Å². The lowest BCUT2D eigenvalue weighted by atomic mass is 10.0. The maximum absolute atomic E-state index is 12.6. The van der Waals surface area contributed by atoms with Gasteiger partial charge in [0, 0.05) is 19.4 Å². The van der Waals surface area contributed by atoms with E-state index in [0.717, 1.165) is 57.8 Å². The Kier molecular flexibility index (Phi) is 43.5. The van der Waals surface area contributed by atoms with Gasteiger partial charge in [-0.2, -0.15) is 0 Å². The highest BCUT2D eigenvalue weighted by Gasteiger charge is 2.17. The van der Waals surface area contributed by atoms with Crippen LogP contribution in [0.4, 0.5) is 0 Å². The van der Waals surface area contributed by atoms with E-state index in [1.54, 1.807) is 0 Å². The SMILES string of the molecule is CC/C=C\C/C=C\C/C=C\C/C=C\CCC(=O)OCC(COCCCCCCCCCCCCCCCCCCCC)OC(=O)CCCCCCCCC. The monoisotopic (exact) mass is 757 g/mol. The van der Waals surface area contributed by atoms with E-state index in [-0.39, 0.29) is 25.2 Å². The zero-order chi connectivity index (χ0) is 39.3. The summed E-state index contributed by atoms with van der Waals surface area (Å²) < 4.78 is 17.2. The summed E-state index contributed by atoms with van der Waals surface area (Å²) in [5, 5.41) is 0. The quantitative estimate of drug-likeness (QED) is 0.0353. The molecule has 54 heavy (non-hydrogen) atoms. The van der Waals surface area contributed by atoms with E-state index >= 15 is 0 Å². The second-order valence-corrected chi connectivity index (χ2v) is 15.3.